The predicted octanol–water partition coefficient (Wildman–Crippen LogP) is 0.722. The van der Waals surface area contributed by atoms with Crippen molar-refractivity contribution in [2.45, 2.75) is 24.4 Å². The fraction of sp³-hybridized carbons (Fsp3) is 0.368. The number of rotatable bonds is 5. The number of hydrogen-bond donors (Lipinski definition) is 0. The third kappa shape index (κ3) is 3.06. The van der Waals surface area contributed by atoms with Gasteiger partial charge in [-0.2, -0.15) is 0 Å². The molecule has 0 aliphatic carbocycles. The highest BCUT2D eigenvalue weighted by Gasteiger charge is 2.49. The maximum Gasteiger partial charge on any atom is 0.240 e. The van der Waals surface area contributed by atoms with Gasteiger partial charge >= 0.3 is 0 Å². The quantitative estimate of drug-likeness (QED) is 0.751. The summed E-state index contributed by atoms with van der Waals surface area (Å²) in [5, 5.41) is 2.54. The summed E-state index contributed by atoms with van der Waals surface area (Å²) < 4.78 is 23.9. The smallest absolute Gasteiger partial charge is 0.240 e. The molecule has 126 valence electrons. The Morgan fingerprint density at radius 2 is 1.29 bits per heavy atom. The van der Waals surface area contributed by atoms with E-state index in [9.17, 15) is 0 Å². The molecule has 2 heterocycles. The van der Waals surface area contributed by atoms with E-state index in [1.165, 1.54) is 10.4 Å². The third-order valence-electron chi connectivity index (χ3n) is 4.78. The van der Waals surface area contributed by atoms with Gasteiger partial charge in [-0.05, 0) is 10.4 Å². The Bertz CT molecular complexity index is 611. The molecule has 5 heteroatoms. The van der Waals surface area contributed by atoms with Crippen molar-refractivity contribution < 1.29 is 18.6 Å². The average Bonchev–Trinajstić information content (AvgIpc) is 3.23. The Labute approximate surface area is 144 Å². The fourth-order valence-corrected chi connectivity index (χ4v) is 5.95. The Morgan fingerprint density at radius 1 is 0.792 bits per heavy atom. The van der Waals surface area contributed by atoms with Crippen LogP contribution in [-0.2, 0) is 18.6 Å². The molecule has 0 aromatic heterocycles. The van der Waals surface area contributed by atoms with Gasteiger partial charge in [0.1, 0.15) is 18.3 Å². The van der Waals surface area contributed by atoms with Crippen LogP contribution in [0.3, 0.4) is 0 Å². The van der Waals surface area contributed by atoms with E-state index in [0.29, 0.717) is 13.2 Å². The summed E-state index contributed by atoms with van der Waals surface area (Å²) in [4.78, 5) is 0. The van der Waals surface area contributed by atoms with Gasteiger partial charge in [-0.15, -0.1) is 0 Å². The molecule has 2 saturated heterocycles. The minimum absolute atomic E-state index is 0.0113. The molecule has 4 rings (SSSR count). The molecule has 2 aromatic rings. The minimum Gasteiger partial charge on any atom is -0.403 e. The summed E-state index contributed by atoms with van der Waals surface area (Å²) in [7, 11) is -0.0777. The predicted molar refractivity (Wildman–Crippen MR) is 94.5 cm³/mol. The summed E-state index contributed by atoms with van der Waals surface area (Å²) in [6.45, 7) is 1.15. The molecule has 2 aliphatic heterocycles. The van der Waals surface area contributed by atoms with Crippen molar-refractivity contribution in [2.24, 2.45) is 0 Å². The van der Waals surface area contributed by atoms with Gasteiger partial charge in [-0.3, -0.25) is 0 Å². The number of hydrogen-bond acceptors (Lipinski definition) is 4. The molecular weight excluding hydrogens is 320 g/mol. The Kier molecular flexibility index (Phi) is 4.78. The SMILES string of the molecule is CO[C@@H]1CO[C@H]2[C@@H]1OC[C@@H]2O[SiH](c1ccccc1)c1ccccc1. The van der Waals surface area contributed by atoms with Gasteiger partial charge in [0.15, 0.2) is 0 Å². The first-order valence-electron chi connectivity index (χ1n) is 8.38. The zero-order valence-electron chi connectivity index (χ0n) is 13.7. The molecule has 2 aromatic carbocycles. The van der Waals surface area contributed by atoms with Gasteiger partial charge in [0.05, 0.1) is 19.3 Å². The molecule has 4 atom stereocenters. The van der Waals surface area contributed by atoms with Crippen molar-refractivity contribution in [3.05, 3.63) is 60.7 Å². The molecule has 2 fully saturated rings. The number of methoxy groups -OCH3 is 1. The van der Waals surface area contributed by atoms with E-state index in [2.05, 4.69) is 48.5 Å². The van der Waals surface area contributed by atoms with Crippen LogP contribution in [0.2, 0.25) is 0 Å². The Morgan fingerprint density at radius 3 is 1.83 bits per heavy atom. The van der Waals surface area contributed by atoms with E-state index < -0.39 is 9.04 Å². The Hall–Kier alpha value is -1.50. The van der Waals surface area contributed by atoms with E-state index in [1.807, 2.05) is 12.1 Å². The lowest BCUT2D eigenvalue weighted by molar-refractivity contribution is -0.0137. The van der Waals surface area contributed by atoms with Gasteiger partial charge in [-0.25, -0.2) is 0 Å². The van der Waals surface area contributed by atoms with Gasteiger partial charge in [0, 0.05) is 7.11 Å². The van der Waals surface area contributed by atoms with E-state index in [-0.39, 0.29) is 24.4 Å². The molecule has 0 bridgehead atoms. The molecular formula is C19H22O4Si. The average molecular weight is 342 g/mol. The van der Waals surface area contributed by atoms with Gasteiger partial charge < -0.3 is 18.6 Å². The largest absolute Gasteiger partial charge is 0.403 e. The summed E-state index contributed by atoms with van der Waals surface area (Å²) in [6, 6.07) is 21.0. The van der Waals surface area contributed by atoms with Crippen molar-refractivity contribution in [3.8, 4) is 0 Å². The van der Waals surface area contributed by atoms with Crippen LogP contribution in [0.5, 0.6) is 0 Å². The van der Waals surface area contributed by atoms with Crippen molar-refractivity contribution in [1.82, 2.24) is 0 Å². The lowest BCUT2D eigenvalue weighted by atomic mass is 10.1. The molecule has 0 unspecified atom stereocenters. The van der Waals surface area contributed by atoms with E-state index in [4.69, 9.17) is 18.6 Å². The summed E-state index contributed by atoms with van der Waals surface area (Å²) in [5.41, 5.74) is 0. The molecule has 0 amide bonds. The summed E-state index contributed by atoms with van der Waals surface area (Å²) in [5.74, 6) is 0. The maximum atomic E-state index is 6.62. The summed E-state index contributed by atoms with van der Waals surface area (Å²) in [6.07, 6.45) is -0.0667. The number of ether oxygens (including phenoxy) is 3. The van der Waals surface area contributed by atoms with E-state index >= 15 is 0 Å². The first-order chi connectivity index (χ1) is 11.9. The topological polar surface area (TPSA) is 36.9 Å². The lowest BCUT2D eigenvalue weighted by Crippen LogP contribution is -2.49. The van der Waals surface area contributed by atoms with Crippen molar-refractivity contribution >= 4 is 19.4 Å². The van der Waals surface area contributed by atoms with Crippen molar-refractivity contribution in [1.29, 1.82) is 0 Å². The second-order valence-corrected chi connectivity index (χ2v) is 8.61. The monoisotopic (exact) mass is 342 g/mol. The molecule has 2 aliphatic rings. The highest BCUT2D eigenvalue weighted by atomic mass is 28.3. The first-order valence-corrected chi connectivity index (χ1v) is 10.0. The van der Waals surface area contributed by atoms with Gasteiger partial charge in [-0.1, -0.05) is 60.7 Å². The molecule has 24 heavy (non-hydrogen) atoms. The van der Waals surface area contributed by atoms with Crippen LogP contribution in [-0.4, -0.2) is 53.8 Å². The van der Waals surface area contributed by atoms with Crippen LogP contribution in [0.25, 0.3) is 0 Å². The van der Waals surface area contributed by atoms with Gasteiger partial charge in [0.2, 0.25) is 9.04 Å². The number of fused-ring (bicyclic) bond motifs is 1. The van der Waals surface area contributed by atoms with Crippen LogP contribution in [0, 0.1) is 0 Å². The molecule has 0 radical (unpaired) electrons. The van der Waals surface area contributed by atoms with Crippen LogP contribution in [0.1, 0.15) is 0 Å². The van der Waals surface area contributed by atoms with Crippen LogP contribution in [0.15, 0.2) is 60.7 Å². The normalized spacial score (nSPS) is 29.1. The van der Waals surface area contributed by atoms with E-state index in [1.54, 1.807) is 7.11 Å². The molecule has 4 nitrogen and oxygen atoms in total. The van der Waals surface area contributed by atoms with Gasteiger partial charge in [0.25, 0.3) is 0 Å². The molecule has 0 N–H and O–H groups in total. The zero-order valence-corrected chi connectivity index (χ0v) is 14.9. The minimum atomic E-state index is -1.79. The van der Waals surface area contributed by atoms with Crippen molar-refractivity contribution in [2.75, 3.05) is 20.3 Å². The standard InChI is InChI=1S/C19H22O4Si/c1-20-16-12-21-19-17(13-22-18(16)19)23-24(14-8-4-2-5-9-14)15-10-6-3-7-11-15/h2-11,16-19,24H,12-13H2,1H3/t16-,17+,18-,19-/m1/s1. The summed E-state index contributed by atoms with van der Waals surface area (Å²) >= 11 is 0. The highest BCUT2D eigenvalue weighted by Crippen LogP contribution is 2.30. The lowest BCUT2D eigenvalue weighted by Gasteiger charge is -2.24. The van der Waals surface area contributed by atoms with E-state index in [0.717, 1.165) is 0 Å². The zero-order chi connectivity index (χ0) is 16.4. The third-order valence-corrected chi connectivity index (χ3v) is 7.38. The second kappa shape index (κ2) is 7.17. The van der Waals surface area contributed by atoms with Crippen LogP contribution in [0.4, 0.5) is 0 Å². The molecule has 0 saturated carbocycles. The maximum absolute atomic E-state index is 6.62. The second-order valence-electron chi connectivity index (χ2n) is 6.25. The van der Waals surface area contributed by atoms with Crippen molar-refractivity contribution in [3.63, 3.8) is 0 Å². The van der Waals surface area contributed by atoms with Crippen LogP contribution >= 0.6 is 0 Å². The highest BCUT2D eigenvalue weighted by molar-refractivity contribution is 6.80. The Balaban J connectivity index is 1.57. The first kappa shape index (κ1) is 16.0. The van der Waals surface area contributed by atoms with Crippen LogP contribution < -0.4 is 10.4 Å². The molecule has 0 spiro atoms. The fourth-order valence-electron chi connectivity index (χ4n) is 3.53. The number of benzene rings is 2.